The van der Waals surface area contributed by atoms with Crippen molar-refractivity contribution in [3.8, 4) is 0 Å². The number of benzene rings is 1. The van der Waals surface area contributed by atoms with E-state index in [4.69, 9.17) is 0 Å². The molecule has 1 saturated heterocycles. The van der Waals surface area contributed by atoms with Crippen molar-refractivity contribution >= 4 is 35.3 Å². The van der Waals surface area contributed by atoms with E-state index in [1.54, 1.807) is 6.07 Å². The Kier molecular flexibility index (Phi) is 9.05. The molecule has 2 nitrogen and oxygen atoms in total. The molecule has 1 aromatic carbocycles. The topological polar surface area (TPSA) is 12.5 Å². The molecular formula is C17H22F5NOS3. The van der Waals surface area contributed by atoms with Gasteiger partial charge >= 0.3 is 6.36 Å². The Labute approximate surface area is 169 Å². The van der Waals surface area contributed by atoms with Gasteiger partial charge in [0.25, 0.3) is 5.76 Å². The van der Waals surface area contributed by atoms with Crippen LogP contribution in [-0.4, -0.2) is 54.4 Å². The van der Waals surface area contributed by atoms with Gasteiger partial charge in [-0.3, -0.25) is 4.74 Å². The minimum atomic E-state index is -4.66. The summed E-state index contributed by atoms with van der Waals surface area (Å²) in [6.07, 6.45) is 0.541. The second kappa shape index (κ2) is 10.6. The van der Waals surface area contributed by atoms with Crippen LogP contribution < -0.4 is 0 Å². The average Bonchev–Trinajstić information content (AvgIpc) is 3.03. The smallest absolute Gasteiger partial charge is 0.302 e. The van der Waals surface area contributed by atoms with E-state index in [0.717, 1.165) is 53.0 Å². The molecule has 0 N–H and O–H groups in total. The molecule has 0 spiro atoms. The molecule has 1 aromatic rings. The Balaban J connectivity index is 2.02. The lowest BCUT2D eigenvalue weighted by Gasteiger charge is -2.19. The molecule has 1 aliphatic heterocycles. The molecule has 0 saturated carbocycles. The first-order valence-corrected chi connectivity index (χ1v) is 11.7. The molecule has 1 aliphatic rings. The van der Waals surface area contributed by atoms with Gasteiger partial charge in [0.2, 0.25) is 0 Å². The van der Waals surface area contributed by atoms with Crippen molar-refractivity contribution in [2.45, 2.75) is 46.6 Å². The van der Waals surface area contributed by atoms with Gasteiger partial charge in [-0.1, -0.05) is 11.8 Å². The number of thioether (sulfide) groups is 3. The van der Waals surface area contributed by atoms with Crippen molar-refractivity contribution in [2.24, 2.45) is 0 Å². The van der Waals surface area contributed by atoms with Gasteiger partial charge in [0, 0.05) is 28.1 Å². The molecule has 1 unspecified atom stereocenters. The summed E-state index contributed by atoms with van der Waals surface area (Å²) in [5.41, 5.74) is 1.58. The average molecular weight is 448 g/mol. The van der Waals surface area contributed by atoms with E-state index in [1.807, 2.05) is 18.6 Å². The van der Waals surface area contributed by atoms with Crippen LogP contribution in [-0.2, 0) is 17.8 Å². The maximum Gasteiger partial charge on any atom is 0.522 e. The summed E-state index contributed by atoms with van der Waals surface area (Å²) in [5.74, 6) is -2.34. The zero-order valence-electron chi connectivity index (χ0n) is 15.0. The highest BCUT2D eigenvalue weighted by atomic mass is 32.2. The number of rotatable bonds is 9. The number of likely N-dealkylation sites (tertiary alicyclic amines) is 1. The van der Waals surface area contributed by atoms with Crippen LogP contribution in [0.3, 0.4) is 0 Å². The highest BCUT2D eigenvalue weighted by Crippen LogP contribution is 2.33. The largest absolute Gasteiger partial charge is 0.522 e. The van der Waals surface area contributed by atoms with Gasteiger partial charge < -0.3 is 4.90 Å². The predicted octanol–water partition coefficient (Wildman–Crippen LogP) is 5.74. The van der Waals surface area contributed by atoms with Gasteiger partial charge in [-0.2, -0.15) is 8.78 Å². The fourth-order valence-electron chi connectivity index (χ4n) is 3.03. The van der Waals surface area contributed by atoms with Gasteiger partial charge in [0.15, 0.2) is 0 Å². The number of halogens is 5. The molecule has 10 heteroatoms. The molecule has 2 rings (SSSR count). The van der Waals surface area contributed by atoms with Crippen LogP contribution in [0.25, 0.3) is 0 Å². The van der Waals surface area contributed by atoms with Crippen molar-refractivity contribution in [3.05, 3.63) is 23.3 Å². The van der Waals surface area contributed by atoms with Gasteiger partial charge in [0.1, 0.15) is 0 Å². The predicted molar refractivity (Wildman–Crippen MR) is 103 cm³/mol. The maximum absolute atomic E-state index is 12.5. The summed E-state index contributed by atoms with van der Waals surface area (Å²) in [5, 5.41) is -0.0336. The van der Waals surface area contributed by atoms with Crippen LogP contribution in [0.2, 0.25) is 0 Å². The van der Waals surface area contributed by atoms with E-state index < -0.39 is 18.7 Å². The van der Waals surface area contributed by atoms with E-state index in [2.05, 4.69) is 9.64 Å². The van der Waals surface area contributed by atoms with Crippen LogP contribution in [0.4, 0.5) is 22.0 Å². The third-order valence-corrected chi connectivity index (χ3v) is 6.91. The lowest BCUT2D eigenvalue weighted by molar-refractivity contribution is -0.330. The highest BCUT2D eigenvalue weighted by Gasteiger charge is 2.29. The molecule has 0 amide bonds. The number of hydrogen-bond donors (Lipinski definition) is 0. The number of nitrogens with zero attached hydrogens (tertiary/aromatic N) is 1. The molecule has 27 heavy (non-hydrogen) atoms. The molecular weight excluding hydrogens is 425 g/mol. The first kappa shape index (κ1) is 23.1. The Morgan fingerprint density at radius 1 is 1.15 bits per heavy atom. The Morgan fingerprint density at radius 3 is 2.37 bits per heavy atom. The zero-order chi connectivity index (χ0) is 20.0. The van der Waals surface area contributed by atoms with Crippen molar-refractivity contribution < 1.29 is 26.7 Å². The number of ether oxygens (including phenoxy) is 1. The maximum atomic E-state index is 12.5. The monoisotopic (exact) mass is 447 g/mol. The van der Waals surface area contributed by atoms with Crippen molar-refractivity contribution in [3.63, 3.8) is 0 Å². The first-order chi connectivity index (χ1) is 12.7. The molecule has 1 atom stereocenters. The zero-order valence-corrected chi connectivity index (χ0v) is 17.5. The molecule has 0 aromatic heterocycles. The van der Waals surface area contributed by atoms with Crippen LogP contribution >= 0.6 is 35.3 Å². The van der Waals surface area contributed by atoms with Gasteiger partial charge in [-0.15, -0.1) is 36.7 Å². The second-order valence-corrected chi connectivity index (χ2v) is 9.06. The molecule has 0 radical (unpaired) electrons. The number of alkyl halides is 5. The van der Waals surface area contributed by atoms with Gasteiger partial charge in [-0.05, 0) is 55.2 Å². The summed E-state index contributed by atoms with van der Waals surface area (Å²) in [6.45, 7) is 1.69. The van der Waals surface area contributed by atoms with E-state index in [0.29, 0.717) is 12.1 Å². The third kappa shape index (κ3) is 7.64. The second-order valence-electron chi connectivity index (χ2n) is 6.07. The van der Waals surface area contributed by atoms with E-state index in [9.17, 15) is 22.0 Å². The molecule has 154 valence electrons. The summed E-state index contributed by atoms with van der Waals surface area (Å²) >= 11 is 3.60. The minimum absolute atomic E-state index is 0.0336. The summed E-state index contributed by atoms with van der Waals surface area (Å²) in [4.78, 5) is 3.86. The Morgan fingerprint density at radius 2 is 1.78 bits per heavy atom. The minimum Gasteiger partial charge on any atom is -0.302 e. The fraction of sp³-hybridized carbons (Fsp3) is 0.647. The lowest BCUT2D eigenvalue weighted by Crippen LogP contribution is -2.24. The molecule has 0 bridgehead atoms. The Bertz CT molecular complexity index is 615. The molecule has 0 aliphatic carbocycles. The van der Waals surface area contributed by atoms with Crippen LogP contribution in [0, 0.1) is 0 Å². The third-order valence-electron chi connectivity index (χ3n) is 4.30. The van der Waals surface area contributed by atoms with Crippen LogP contribution in [0.1, 0.15) is 17.5 Å². The highest BCUT2D eigenvalue weighted by molar-refractivity contribution is 8.00. The van der Waals surface area contributed by atoms with Crippen LogP contribution in [0.15, 0.2) is 21.9 Å². The quantitative estimate of drug-likeness (QED) is 0.352. The molecule has 1 fully saturated rings. The van der Waals surface area contributed by atoms with Gasteiger partial charge in [0.05, 0.1) is 6.61 Å². The van der Waals surface area contributed by atoms with Crippen molar-refractivity contribution in [2.75, 3.05) is 32.1 Å². The summed E-state index contributed by atoms with van der Waals surface area (Å²) in [6, 6.07) is 3.68. The number of hydrogen-bond acceptors (Lipinski definition) is 5. The van der Waals surface area contributed by atoms with E-state index in [1.165, 1.54) is 23.5 Å². The Hall–Kier alpha value is -0.160. The first-order valence-electron chi connectivity index (χ1n) is 8.32. The van der Waals surface area contributed by atoms with E-state index in [-0.39, 0.29) is 5.25 Å². The van der Waals surface area contributed by atoms with E-state index >= 15 is 0 Å². The lowest BCUT2D eigenvalue weighted by atomic mass is 10.1. The van der Waals surface area contributed by atoms with Crippen molar-refractivity contribution in [1.82, 2.24) is 4.90 Å². The molecule has 1 heterocycles. The fourth-order valence-corrected chi connectivity index (χ4v) is 5.18. The standard InChI is InChI=1S/C17H22F5NOS3/c1-25-14-8-12(10-24-17(20,21)22)15(26-2)7-11(14)3-5-23-6-4-13(9-23)27-16(18)19/h7-8,13,16H,3-6,9-10H2,1-2H3. The van der Waals surface area contributed by atoms with Crippen LogP contribution in [0.5, 0.6) is 0 Å². The summed E-state index contributed by atoms with van der Waals surface area (Å²) < 4.78 is 66.0. The summed E-state index contributed by atoms with van der Waals surface area (Å²) in [7, 11) is 0. The van der Waals surface area contributed by atoms with Gasteiger partial charge in [-0.25, -0.2) is 0 Å². The van der Waals surface area contributed by atoms with Crippen molar-refractivity contribution in [1.29, 1.82) is 0 Å². The normalized spacial score (nSPS) is 18.6. The SMILES string of the molecule is CSc1cc(COC(F)(F)F)c(SC)cc1CCN1CCC(SC(F)F)C1.